The molecule has 170 valence electrons. The Balaban J connectivity index is 1.37. The fourth-order valence-electron chi connectivity index (χ4n) is 5.36. The number of amidine groups is 1. The smallest absolute Gasteiger partial charge is 0.259 e. The van der Waals surface area contributed by atoms with Gasteiger partial charge in [-0.15, -0.1) is 0 Å². The van der Waals surface area contributed by atoms with Crippen molar-refractivity contribution < 1.29 is 9.90 Å². The molecule has 1 saturated heterocycles. The zero-order chi connectivity index (χ0) is 22.6. The van der Waals surface area contributed by atoms with Crippen LogP contribution in [0.5, 0.6) is 0 Å². The molecule has 1 saturated carbocycles. The molecule has 0 spiro atoms. The third kappa shape index (κ3) is 4.88. The monoisotopic (exact) mass is 433 g/mol. The van der Waals surface area contributed by atoms with Gasteiger partial charge in [-0.2, -0.15) is 0 Å². The highest BCUT2D eigenvalue weighted by Gasteiger charge is 2.48. The number of likely N-dealkylation sites (tertiary alicyclic amines) is 1. The summed E-state index contributed by atoms with van der Waals surface area (Å²) < 4.78 is 0. The van der Waals surface area contributed by atoms with Crippen LogP contribution in [0.1, 0.15) is 55.2 Å². The van der Waals surface area contributed by atoms with Gasteiger partial charge in [0.25, 0.3) is 5.91 Å². The van der Waals surface area contributed by atoms with Crippen LogP contribution in [0.2, 0.25) is 0 Å². The lowest BCUT2D eigenvalue weighted by molar-refractivity contribution is -0.160. The Morgan fingerprint density at radius 1 is 1.06 bits per heavy atom. The summed E-state index contributed by atoms with van der Waals surface area (Å²) in [7, 11) is 0. The molecule has 0 radical (unpaired) electrons. The molecule has 1 aliphatic carbocycles. The maximum absolute atomic E-state index is 13.6. The van der Waals surface area contributed by atoms with Crippen molar-refractivity contribution in [3.63, 3.8) is 0 Å². The van der Waals surface area contributed by atoms with Crippen LogP contribution < -0.4 is 5.32 Å². The first kappa shape index (κ1) is 22.5. The molecule has 0 bridgehead atoms. The van der Waals surface area contributed by atoms with Gasteiger partial charge >= 0.3 is 0 Å². The average Bonchev–Trinajstić information content (AvgIpc) is 3.35. The van der Waals surface area contributed by atoms with Crippen molar-refractivity contribution in [2.24, 2.45) is 5.92 Å². The number of aliphatic hydroxyl groups is 1. The van der Waals surface area contributed by atoms with Gasteiger partial charge in [-0.05, 0) is 43.7 Å². The average molecular weight is 434 g/mol. The number of hydrogen-bond donors (Lipinski definition) is 3. The Morgan fingerprint density at radius 2 is 1.75 bits per heavy atom. The molecule has 1 amide bonds. The van der Waals surface area contributed by atoms with Crippen molar-refractivity contribution >= 4 is 11.7 Å². The van der Waals surface area contributed by atoms with E-state index in [1.54, 1.807) is 0 Å². The number of rotatable bonds is 6. The molecule has 32 heavy (non-hydrogen) atoms. The second-order valence-corrected chi connectivity index (χ2v) is 9.47. The summed E-state index contributed by atoms with van der Waals surface area (Å²) >= 11 is 0. The number of aryl methyl sites for hydroxylation is 1. The minimum atomic E-state index is -1.43. The Hall–Kier alpha value is -2.66. The minimum Gasteiger partial charge on any atom is -0.375 e. The van der Waals surface area contributed by atoms with E-state index in [9.17, 15) is 9.90 Å². The van der Waals surface area contributed by atoms with Crippen molar-refractivity contribution in [3.05, 3.63) is 71.3 Å². The topological polar surface area (TPSA) is 76.4 Å². The number of carbonyl (C=O) groups excluding carboxylic acids is 1. The number of amides is 1. The Labute approximate surface area is 191 Å². The molecule has 1 heterocycles. The molecule has 2 aromatic carbocycles. The quantitative estimate of drug-likeness (QED) is 0.473. The van der Waals surface area contributed by atoms with E-state index in [0.29, 0.717) is 25.3 Å². The maximum atomic E-state index is 13.6. The predicted molar refractivity (Wildman–Crippen MR) is 128 cm³/mol. The van der Waals surface area contributed by atoms with E-state index < -0.39 is 5.60 Å². The molecule has 4 rings (SSSR count). The van der Waals surface area contributed by atoms with Crippen molar-refractivity contribution in [1.82, 2.24) is 10.2 Å². The molecule has 1 atom stereocenters. The van der Waals surface area contributed by atoms with Gasteiger partial charge in [-0.25, -0.2) is 0 Å². The van der Waals surface area contributed by atoms with E-state index in [1.807, 2.05) is 41.3 Å². The van der Waals surface area contributed by atoms with Crippen LogP contribution >= 0.6 is 0 Å². The van der Waals surface area contributed by atoms with Crippen LogP contribution in [-0.2, 0) is 16.8 Å². The largest absolute Gasteiger partial charge is 0.375 e. The molecule has 5 heteroatoms. The highest BCUT2D eigenvalue weighted by atomic mass is 16.3. The third-order valence-corrected chi connectivity index (χ3v) is 7.11. The summed E-state index contributed by atoms with van der Waals surface area (Å²) in [5, 5.41) is 23.5. The summed E-state index contributed by atoms with van der Waals surface area (Å²) in [6.07, 6.45) is 6.10. The van der Waals surface area contributed by atoms with Gasteiger partial charge in [0.1, 0.15) is 0 Å². The van der Waals surface area contributed by atoms with E-state index in [2.05, 4.69) is 30.4 Å². The molecular weight excluding hydrogens is 398 g/mol. The lowest BCUT2D eigenvalue weighted by Crippen LogP contribution is -2.55. The van der Waals surface area contributed by atoms with Gasteiger partial charge in [-0.1, -0.05) is 73.0 Å². The maximum Gasteiger partial charge on any atom is 0.259 e. The van der Waals surface area contributed by atoms with E-state index in [-0.39, 0.29) is 17.9 Å². The number of carbonyl (C=O) groups is 1. The van der Waals surface area contributed by atoms with Crippen LogP contribution in [-0.4, -0.2) is 40.9 Å². The molecular formula is C27H35N3O2. The number of nitrogens with one attached hydrogen (secondary N) is 2. The van der Waals surface area contributed by atoms with Crippen molar-refractivity contribution in [2.45, 2.75) is 63.5 Å². The standard InChI is InChI=1S/C27H35N3O2/c1-20-8-7-9-21(18-20)19-25(28)29-24-14-16-30(17-15-24)26(31)27(32,23-12-5-6-13-23)22-10-3-2-4-11-22/h2-4,7-11,18,23-24,32H,5-6,12-17,19H2,1H3,(H2,28,29)/t27-/m0/s1. The second kappa shape index (κ2) is 9.86. The zero-order valence-electron chi connectivity index (χ0n) is 19.0. The second-order valence-electron chi connectivity index (χ2n) is 9.47. The first-order valence-electron chi connectivity index (χ1n) is 11.9. The van der Waals surface area contributed by atoms with Crippen LogP contribution in [0.4, 0.5) is 0 Å². The number of benzene rings is 2. The first-order valence-corrected chi connectivity index (χ1v) is 11.9. The van der Waals surface area contributed by atoms with Gasteiger partial charge in [0.15, 0.2) is 5.60 Å². The molecule has 2 fully saturated rings. The normalized spacial score (nSPS) is 19.5. The molecule has 5 nitrogen and oxygen atoms in total. The molecule has 1 aliphatic heterocycles. The molecule has 2 aliphatic rings. The Kier molecular flexibility index (Phi) is 6.95. The summed E-state index contributed by atoms with van der Waals surface area (Å²) in [5.74, 6) is 0.353. The fraction of sp³-hybridized carbons (Fsp3) is 0.481. The number of nitrogens with zero attached hydrogens (tertiary/aromatic N) is 1. The van der Waals surface area contributed by atoms with Gasteiger partial charge in [0, 0.05) is 31.5 Å². The van der Waals surface area contributed by atoms with Crippen molar-refractivity contribution in [2.75, 3.05) is 13.1 Å². The van der Waals surface area contributed by atoms with Crippen LogP contribution in [0.15, 0.2) is 54.6 Å². The predicted octanol–water partition coefficient (Wildman–Crippen LogP) is 4.17. The lowest BCUT2D eigenvalue weighted by atomic mass is 9.78. The van der Waals surface area contributed by atoms with E-state index in [0.717, 1.165) is 49.7 Å². The lowest BCUT2D eigenvalue weighted by Gasteiger charge is -2.40. The molecule has 2 aromatic rings. The van der Waals surface area contributed by atoms with Gasteiger partial charge in [0.2, 0.25) is 0 Å². The van der Waals surface area contributed by atoms with Gasteiger partial charge in [0.05, 0.1) is 5.84 Å². The summed E-state index contributed by atoms with van der Waals surface area (Å²) in [4.78, 5) is 15.5. The van der Waals surface area contributed by atoms with E-state index in [4.69, 9.17) is 5.41 Å². The SMILES string of the molecule is Cc1cccc(CC(=N)NC2CCN(C(=O)[C@](O)(c3ccccc3)C3CCCC3)CC2)c1. The fourth-order valence-corrected chi connectivity index (χ4v) is 5.36. The Morgan fingerprint density at radius 3 is 2.41 bits per heavy atom. The van der Waals surface area contributed by atoms with Crippen molar-refractivity contribution in [3.8, 4) is 0 Å². The molecule has 0 aromatic heterocycles. The highest BCUT2D eigenvalue weighted by molar-refractivity contribution is 5.87. The van der Waals surface area contributed by atoms with E-state index in [1.165, 1.54) is 5.56 Å². The first-order chi connectivity index (χ1) is 15.5. The summed E-state index contributed by atoms with van der Waals surface area (Å²) in [6, 6.07) is 17.9. The number of piperidine rings is 1. The van der Waals surface area contributed by atoms with Crippen LogP contribution in [0.25, 0.3) is 0 Å². The summed E-state index contributed by atoms with van der Waals surface area (Å²) in [5.41, 5.74) is 1.63. The van der Waals surface area contributed by atoms with Crippen LogP contribution in [0, 0.1) is 18.3 Å². The van der Waals surface area contributed by atoms with Crippen LogP contribution in [0.3, 0.4) is 0 Å². The van der Waals surface area contributed by atoms with Crippen molar-refractivity contribution in [1.29, 1.82) is 5.41 Å². The molecule has 0 unspecified atom stereocenters. The third-order valence-electron chi connectivity index (χ3n) is 7.11. The minimum absolute atomic E-state index is 0.0178. The summed E-state index contributed by atoms with van der Waals surface area (Å²) in [6.45, 7) is 3.28. The molecule has 3 N–H and O–H groups in total. The Bertz CT molecular complexity index is 931. The number of hydrogen-bond acceptors (Lipinski definition) is 3. The zero-order valence-corrected chi connectivity index (χ0v) is 19.0. The van der Waals surface area contributed by atoms with Gasteiger partial charge < -0.3 is 15.3 Å². The van der Waals surface area contributed by atoms with Gasteiger partial charge in [-0.3, -0.25) is 10.2 Å². The highest BCUT2D eigenvalue weighted by Crippen LogP contribution is 2.42. The van der Waals surface area contributed by atoms with E-state index >= 15 is 0 Å².